The number of rotatable bonds is 4. The van der Waals surface area contributed by atoms with Crippen molar-refractivity contribution in [2.45, 2.75) is 19.1 Å². The van der Waals surface area contributed by atoms with Crippen LogP contribution in [0.25, 0.3) is 0 Å². The summed E-state index contributed by atoms with van der Waals surface area (Å²) in [5, 5.41) is 2.14. The zero-order chi connectivity index (χ0) is 12.2. The molecule has 0 aliphatic heterocycles. The predicted octanol–water partition coefficient (Wildman–Crippen LogP) is 3.28. The second-order valence-electron chi connectivity index (χ2n) is 3.26. The molecule has 0 aliphatic carbocycles. The molecule has 1 aromatic rings. The molecular weight excluding hydrogens is 229 g/mol. The zero-order valence-corrected chi connectivity index (χ0v) is 8.19. The third kappa shape index (κ3) is 4.57. The van der Waals surface area contributed by atoms with Gasteiger partial charge in [-0.1, -0.05) is 18.2 Å². The molecule has 0 atom stereocenters. The summed E-state index contributed by atoms with van der Waals surface area (Å²) in [7, 11) is 0. The maximum Gasteiger partial charge on any atom is 0.401 e. The molecule has 0 saturated carbocycles. The van der Waals surface area contributed by atoms with Crippen LogP contribution in [-0.2, 0) is 6.54 Å². The molecule has 0 bridgehead atoms. The van der Waals surface area contributed by atoms with Crippen LogP contribution in [-0.4, -0.2) is 12.7 Å². The molecule has 1 rings (SSSR count). The van der Waals surface area contributed by atoms with Crippen molar-refractivity contribution in [2.24, 2.45) is 0 Å². The lowest BCUT2D eigenvalue weighted by Crippen LogP contribution is -2.28. The van der Waals surface area contributed by atoms with Gasteiger partial charge in [-0.05, 0) is 11.6 Å². The Morgan fingerprint density at radius 3 is 2.44 bits per heavy atom. The number of hydrogen-bond donors (Lipinski definition) is 1. The molecule has 0 aliphatic rings. The highest BCUT2D eigenvalue weighted by molar-refractivity contribution is 5.24. The molecule has 0 amide bonds. The normalized spacial score (nSPS) is 12.1. The summed E-state index contributed by atoms with van der Waals surface area (Å²) in [5.41, 5.74) is 0.216. The molecule has 0 heterocycles. The van der Waals surface area contributed by atoms with E-state index in [1.54, 1.807) is 0 Å². The fraction of sp³-hybridized carbons (Fsp3) is 0.400. The first-order valence-electron chi connectivity index (χ1n) is 4.53. The Kier molecular flexibility index (Phi) is 4.23. The molecule has 1 nitrogen and oxygen atoms in total. The van der Waals surface area contributed by atoms with E-state index in [1.807, 2.05) is 0 Å². The number of alkyl halides is 5. The Balaban J connectivity index is 2.51. The van der Waals surface area contributed by atoms with Gasteiger partial charge in [-0.2, -0.15) is 13.2 Å². The highest BCUT2D eigenvalue weighted by atomic mass is 19.4. The first-order valence-corrected chi connectivity index (χ1v) is 4.53. The van der Waals surface area contributed by atoms with Gasteiger partial charge in [0.1, 0.15) is 0 Å². The predicted molar refractivity (Wildman–Crippen MR) is 49.2 cm³/mol. The molecule has 0 unspecified atom stereocenters. The van der Waals surface area contributed by atoms with Gasteiger partial charge in [0.2, 0.25) is 0 Å². The van der Waals surface area contributed by atoms with Crippen molar-refractivity contribution in [2.75, 3.05) is 6.54 Å². The molecule has 16 heavy (non-hydrogen) atoms. The first kappa shape index (κ1) is 12.9. The molecule has 0 saturated heterocycles. The van der Waals surface area contributed by atoms with Crippen molar-refractivity contribution < 1.29 is 22.0 Å². The summed E-state index contributed by atoms with van der Waals surface area (Å²) in [6.45, 7) is -1.22. The number of hydrogen-bond acceptors (Lipinski definition) is 1. The van der Waals surface area contributed by atoms with Crippen LogP contribution in [0.15, 0.2) is 24.3 Å². The summed E-state index contributed by atoms with van der Waals surface area (Å²) in [6, 6.07) is 5.31. The monoisotopic (exact) mass is 239 g/mol. The molecule has 1 aromatic carbocycles. The molecule has 0 radical (unpaired) electrons. The minimum atomic E-state index is -4.29. The zero-order valence-electron chi connectivity index (χ0n) is 8.19. The second-order valence-corrected chi connectivity index (χ2v) is 3.26. The van der Waals surface area contributed by atoms with Crippen LogP contribution in [0.2, 0.25) is 0 Å². The van der Waals surface area contributed by atoms with E-state index in [0.717, 1.165) is 0 Å². The number of halogens is 5. The second kappa shape index (κ2) is 5.25. The van der Waals surface area contributed by atoms with Gasteiger partial charge in [-0.15, -0.1) is 0 Å². The molecule has 0 spiro atoms. The van der Waals surface area contributed by atoms with E-state index >= 15 is 0 Å². The van der Waals surface area contributed by atoms with Crippen molar-refractivity contribution in [1.29, 1.82) is 0 Å². The van der Waals surface area contributed by atoms with Crippen LogP contribution in [0.1, 0.15) is 17.6 Å². The van der Waals surface area contributed by atoms with E-state index in [-0.39, 0.29) is 12.1 Å². The van der Waals surface area contributed by atoms with E-state index in [4.69, 9.17) is 0 Å². The van der Waals surface area contributed by atoms with Gasteiger partial charge < -0.3 is 5.32 Å². The number of benzene rings is 1. The lowest BCUT2D eigenvalue weighted by atomic mass is 10.1. The lowest BCUT2D eigenvalue weighted by Gasteiger charge is -2.09. The minimum Gasteiger partial charge on any atom is -0.305 e. The highest BCUT2D eigenvalue weighted by Crippen LogP contribution is 2.19. The molecule has 1 N–H and O–H groups in total. The Hall–Kier alpha value is -1.17. The summed E-state index contributed by atoms with van der Waals surface area (Å²) in [4.78, 5) is 0. The maximum atomic E-state index is 12.3. The van der Waals surface area contributed by atoms with Crippen molar-refractivity contribution in [3.8, 4) is 0 Å². The van der Waals surface area contributed by atoms with Gasteiger partial charge in [0, 0.05) is 12.1 Å². The van der Waals surface area contributed by atoms with E-state index < -0.39 is 19.1 Å². The molecule has 6 heteroatoms. The van der Waals surface area contributed by atoms with Gasteiger partial charge in [-0.25, -0.2) is 8.78 Å². The average Bonchev–Trinajstić information content (AvgIpc) is 2.16. The highest BCUT2D eigenvalue weighted by Gasteiger charge is 2.26. The fourth-order valence-corrected chi connectivity index (χ4v) is 1.19. The van der Waals surface area contributed by atoms with Crippen LogP contribution in [0.3, 0.4) is 0 Å². The fourth-order valence-electron chi connectivity index (χ4n) is 1.19. The summed E-state index contributed by atoms with van der Waals surface area (Å²) < 4.78 is 59.9. The van der Waals surface area contributed by atoms with Crippen LogP contribution < -0.4 is 5.32 Å². The van der Waals surface area contributed by atoms with Crippen molar-refractivity contribution >= 4 is 0 Å². The molecule has 90 valence electrons. The third-order valence-electron chi connectivity index (χ3n) is 1.86. The van der Waals surface area contributed by atoms with Crippen molar-refractivity contribution in [3.05, 3.63) is 35.4 Å². The van der Waals surface area contributed by atoms with Crippen LogP contribution >= 0.6 is 0 Å². The third-order valence-corrected chi connectivity index (χ3v) is 1.86. The van der Waals surface area contributed by atoms with Crippen LogP contribution in [0.5, 0.6) is 0 Å². The SMILES string of the molecule is FC(F)c1cccc(CNCC(F)(F)F)c1. The lowest BCUT2D eigenvalue weighted by molar-refractivity contribution is -0.125. The average molecular weight is 239 g/mol. The van der Waals surface area contributed by atoms with Crippen molar-refractivity contribution in [3.63, 3.8) is 0 Å². The quantitative estimate of drug-likeness (QED) is 0.795. The Labute approximate surface area is 89.3 Å². The van der Waals surface area contributed by atoms with Gasteiger partial charge in [0.25, 0.3) is 6.43 Å². The van der Waals surface area contributed by atoms with E-state index in [9.17, 15) is 22.0 Å². The maximum absolute atomic E-state index is 12.3. The smallest absolute Gasteiger partial charge is 0.305 e. The van der Waals surface area contributed by atoms with E-state index in [2.05, 4.69) is 5.32 Å². The van der Waals surface area contributed by atoms with Gasteiger partial charge in [0.15, 0.2) is 0 Å². The largest absolute Gasteiger partial charge is 0.401 e. The Morgan fingerprint density at radius 1 is 1.19 bits per heavy atom. The molecule has 0 fully saturated rings. The van der Waals surface area contributed by atoms with Gasteiger partial charge >= 0.3 is 6.18 Å². The number of nitrogens with one attached hydrogen (secondary N) is 1. The Bertz CT molecular complexity index is 334. The Morgan fingerprint density at radius 2 is 1.88 bits per heavy atom. The van der Waals surface area contributed by atoms with Gasteiger partial charge in [-0.3, -0.25) is 0 Å². The summed E-state index contributed by atoms with van der Waals surface area (Å²) in [6.07, 6.45) is -6.90. The van der Waals surface area contributed by atoms with Crippen molar-refractivity contribution in [1.82, 2.24) is 5.32 Å². The summed E-state index contributed by atoms with van der Waals surface area (Å²) >= 11 is 0. The van der Waals surface area contributed by atoms with E-state index in [1.165, 1.54) is 24.3 Å². The minimum absolute atomic E-state index is 0.0833. The van der Waals surface area contributed by atoms with Crippen LogP contribution in [0, 0.1) is 0 Å². The van der Waals surface area contributed by atoms with E-state index in [0.29, 0.717) is 5.56 Å². The van der Waals surface area contributed by atoms with Crippen LogP contribution in [0.4, 0.5) is 22.0 Å². The van der Waals surface area contributed by atoms with Gasteiger partial charge in [0.05, 0.1) is 6.54 Å². The summed E-state index contributed by atoms with van der Waals surface area (Å²) in [5.74, 6) is 0. The molecule has 0 aromatic heterocycles. The first-order chi connectivity index (χ1) is 7.38. The topological polar surface area (TPSA) is 12.0 Å². The standard InChI is InChI=1S/C10H10F5N/c11-9(12)8-3-1-2-7(4-8)5-16-6-10(13,14)15/h1-4,9,16H,5-6H2. The molecular formula is C10H10F5N.